The van der Waals surface area contributed by atoms with Crippen molar-refractivity contribution in [2.24, 2.45) is 0 Å². The van der Waals surface area contributed by atoms with Crippen molar-refractivity contribution in [2.75, 3.05) is 0 Å². The van der Waals surface area contributed by atoms with Gasteiger partial charge < -0.3 is 5.32 Å². The van der Waals surface area contributed by atoms with Crippen LogP contribution in [0.5, 0.6) is 0 Å². The van der Waals surface area contributed by atoms with Crippen molar-refractivity contribution >= 4 is 0 Å². The number of hydrogen-bond donors (Lipinski definition) is 1. The highest BCUT2D eigenvalue weighted by Gasteiger charge is 2.22. The zero-order valence-electron chi connectivity index (χ0n) is 8.28. The van der Waals surface area contributed by atoms with Crippen molar-refractivity contribution in [3.63, 3.8) is 0 Å². The van der Waals surface area contributed by atoms with Crippen LogP contribution in [0.3, 0.4) is 0 Å². The molecule has 0 saturated carbocycles. The normalized spacial score (nSPS) is 12.7. The van der Waals surface area contributed by atoms with Gasteiger partial charge in [-0.3, -0.25) is 0 Å². The summed E-state index contributed by atoms with van der Waals surface area (Å²) in [4.78, 5) is 0. The summed E-state index contributed by atoms with van der Waals surface area (Å²) in [6.07, 6.45) is 6.01. The first-order chi connectivity index (χ1) is 4.77. The Bertz CT molecular complexity index is 155. The summed E-state index contributed by atoms with van der Waals surface area (Å²) in [7, 11) is 0. The first kappa shape index (κ1) is 10.5. The molecule has 0 amide bonds. The molecule has 11 heavy (non-hydrogen) atoms. The molecular weight excluding hydrogens is 134 g/mol. The standard InChI is InChI=1S/C10H19N/c1-7-8-10(5,6)11-9(2,3)4/h1,11H,8H2,2-6H3. The Morgan fingerprint density at radius 2 is 1.64 bits per heavy atom. The van der Waals surface area contributed by atoms with Gasteiger partial charge in [0.2, 0.25) is 0 Å². The zero-order valence-corrected chi connectivity index (χ0v) is 8.28. The second kappa shape index (κ2) is 3.28. The van der Waals surface area contributed by atoms with E-state index < -0.39 is 0 Å². The van der Waals surface area contributed by atoms with E-state index in [1.54, 1.807) is 0 Å². The van der Waals surface area contributed by atoms with Gasteiger partial charge in [-0.1, -0.05) is 0 Å². The molecule has 0 aromatic heterocycles. The molecule has 1 N–H and O–H groups in total. The molecule has 1 nitrogen and oxygen atoms in total. The largest absolute Gasteiger partial charge is 0.306 e. The summed E-state index contributed by atoms with van der Waals surface area (Å²) < 4.78 is 0. The van der Waals surface area contributed by atoms with Crippen LogP contribution >= 0.6 is 0 Å². The Labute approximate surface area is 70.6 Å². The van der Waals surface area contributed by atoms with Crippen LogP contribution in [-0.4, -0.2) is 11.1 Å². The average molecular weight is 153 g/mol. The fourth-order valence-corrected chi connectivity index (χ4v) is 1.31. The predicted octanol–water partition coefficient (Wildman–Crippen LogP) is 2.18. The fraction of sp³-hybridized carbons (Fsp3) is 0.800. The van der Waals surface area contributed by atoms with Crippen molar-refractivity contribution in [1.29, 1.82) is 0 Å². The Hall–Kier alpha value is -0.480. The highest BCUT2D eigenvalue weighted by molar-refractivity contribution is 4.97. The molecule has 0 aliphatic carbocycles. The Kier molecular flexibility index (Phi) is 3.13. The lowest BCUT2D eigenvalue weighted by Gasteiger charge is -2.33. The minimum Gasteiger partial charge on any atom is -0.306 e. The molecule has 0 saturated heterocycles. The molecule has 0 aromatic rings. The van der Waals surface area contributed by atoms with E-state index in [0.717, 1.165) is 6.42 Å². The molecule has 0 unspecified atom stereocenters. The van der Waals surface area contributed by atoms with Crippen molar-refractivity contribution in [1.82, 2.24) is 5.32 Å². The molecule has 0 bridgehead atoms. The Morgan fingerprint density at radius 3 is 1.91 bits per heavy atom. The maximum atomic E-state index is 5.24. The maximum Gasteiger partial charge on any atom is 0.0264 e. The Balaban J connectivity index is 4.04. The zero-order chi connectivity index (χ0) is 9.12. The minimum absolute atomic E-state index is 0.0486. The first-order valence-corrected chi connectivity index (χ1v) is 4.00. The molecule has 0 rings (SSSR count). The van der Waals surface area contributed by atoms with E-state index in [1.165, 1.54) is 0 Å². The summed E-state index contributed by atoms with van der Waals surface area (Å²) >= 11 is 0. The van der Waals surface area contributed by atoms with E-state index >= 15 is 0 Å². The van der Waals surface area contributed by atoms with Crippen LogP contribution in [0.1, 0.15) is 41.0 Å². The molecule has 0 aliphatic rings. The molecular formula is C10H19N. The monoisotopic (exact) mass is 153 g/mol. The van der Waals surface area contributed by atoms with Crippen LogP contribution in [0.2, 0.25) is 0 Å². The van der Waals surface area contributed by atoms with E-state index in [4.69, 9.17) is 6.42 Å². The lowest BCUT2D eigenvalue weighted by atomic mass is 9.96. The highest BCUT2D eigenvalue weighted by Crippen LogP contribution is 2.13. The molecule has 0 aromatic carbocycles. The average Bonchev–Trinajstić information content (AvgIpc) is 1.55. The molecule has 0 aliphatic heterocycles. The lowest BCUT2D eigenvalue weighted by molar-refractivity contribution is 0.287. The van der Waals surface area contributed by atoms with E-state index in [0.29, 0.717) is 0 Å². The van der Waals surface area contributed by atoms with Gasteiger partial charge in [0.1, 0.15) is 0 Å². The molecule has 1 heteroatoms. The number of hydrogen-bond acceptors (Lipinski definition) is 1. The van der Waals surface area contributed by atoms with Gasteiger partial charge >= 0.3 is 0 Å². The van der Waals surface area contributed by atoms with Gasteiger partial charge in [-0.2, -0.15) is 0 Å². The second-order valence-electron chi connectivity index (χ2n) is 4.64. The quantitative estimate of drug-likeness (QED) is 0.600. The van der Waals surface area contributed by atoms with Gasteiger partial charge in [0.25, 0.3) is 0 Å². The van der Waals surface area contributed by atoms with Crippen LogP contribution in [0.25, 0.3) is 0 Å². The topological polar surface area (TPSA) is 12.0 Å². The van der Waals surface area contributed by atoms with E-state index in [-0.39, 0.29) is 11.1 Å². The predicted molar refractivity (Wildman–Crippen MR) is 50.4 cm³/mol. The molecule has 0 atom stereocenters. The van der Waals surface area contributed by atoms with Gasteiger partial charge in [-0.25, -0.2) is 0 Å². The van der Waals surface area contributed by atoms with Gasteiger partial charge in [0.05, 0.1) is 0 Å². The van der Waals surface area contributed by atoms with Crippen molar-refractivity contribution in [3.8, 4) is 12.3 Å². The minimum atomic E-state index is 0.0486. The van der Waals surface area contributed by atoms with Crippen molar-refractivity contribution in [3.05, 3.63) is 0 Å². The fourth-order valence-electron chi connectivity index (χ4n) is 1.31. The Morgan fingerprint density at radius 1 is 1.18 bits per heavy atom. The molecule has 0 radical (unpaired) electrons. The van der Waals surface area contributed by atoms with Gasteiger partial charge in [0, 0.05) is 17.5 Å². The van der Waals surface area contributed by atoms with E-state index in [1.807, 2.05) is 0 Å². The molecule has 0 heterocycles. The lowest BCUT2D eigenvalue weighted by Crippen LogP contribution is -2.50. The van der Waals surface area contributed by atoms with Crippen LogP contribution < -0.4 is 5.32 Å². The first-order valence-electron chi connectivity index (χ1n) is 4.00. The third-order valence-electron chi connectivity index (χ3n) is 1.26. The number of nitrogens with one attached hydrogen (secondary N) is 1. The summed E-state index contributed by atoms with van der Waals surface area (Å²) in [6.45, 7) is 10.7. The molecule has 0 spiro atoms. The van der Waals surface area contributed by atoms with Crippen molar-refractivity contribution < 1.29 is 0 Å². The maximum absolute atomic E-state index is 5.24. The van der Waals surface area contributed by atoms with Crippen LogP contribution in [0.4, 0.5) is 0 Å². The third-order valence-corrected chi connectivity index (χ3v) is 1.26. The number of rotatable bonds is 2. The summed E-state index contributed by atoms with van der Waals surface area (Å²) in [6, 6.07) is 0. The van der Waals surface area contributed by atoms with Gasteiger partial charge in [-0.05, 0) is 34.6 Å². The second-order valence-corrected chi connectivity index (χ2v) is 4.64. The molecule has 0 fully saturated rings. The van der Waals surface area contributed by atoms with Crippen molar-refractivity contribution in [2.45, 2.75) is 52.1 Å². The van der Waals surface area contributed by atoms with Crippen LogP contribution in [0.15, 0.2) is 0 Å². The third kappa shape index (κ3) is 5.94. The van der Waals surface area contributed by atoms with E-state index in [9.17, 15) is 0 Å². The SMILES string of the molecule is C#CCC(C)(C)NC(C)(C)C. The molecule has 64 valence electrons. The van der Waals surface area contributed by atoms with Gasteiger partial charge in [0.15, 0.2) is 0 Å². The van der Waals surface area contributed by atoms with Crippen LogP contribution in [0, 0.1) is 12.3 Å². The smallest absolute Gasteiger partial charge is 0.0264 e. The summed E-state index contributed by atoms with van der Waals surface area (Å²) in [5.41, 5.74) is 0.188. The summed E-state index contributed by atoms with van der Waals surface area (Å²) in [5, 5.41) is 3.45. The highest BCUT2D eigenvalue weighted by atomic mass is 15.0. The summed E-state index contributed by atoms with van der Waals surface area (Å²) in [5.74, 6) is 2.67. The van der Waals surface area contributed by atoms with Crippen LogP contribution in [-0.2, 0) is 0 Å². The van der Waals surface area contributed by atoms with Gasteiger partial charge in [-0.15, -0.1) is 12.3 Å². The number of terminal acetylenes is 1. The van der Waals surface area contributed by atoms with E-state index in [2.05, 4.69) is 45.9 Å².